The van der Waals surface area contributed by atoms with Crippen molar-refractivity contribution in [2.24, 2.45) is 0 Å². The third-order valence-electron chi connectivity index (χ3n) is 2.71. The van der Waals surface area contributed by atoms with Crippen LogP contribution in [-0.4, -0.2) is 23.0 Å². The fourth-order valence-electron chi connectivity index (χ4n) is 1.67. The van der Waals surface area contributed by atoms with Crippen LogP contribution in [0.25, 0.3) is 0 Å². The first kappa shape index (κ1) is 16.9. The van der Waals surface area contributed by atoms with E-state index >= 15 is 0 Å². The Balaban J connectivity index is 3.00. The molecule has 1 unspecified atom stereocenters. The summed E-state index contributed by atoms with van der Waals surface area (Å²) in [7, 11) is 0. The van der Waals surface area contributed by atoms with Gasteiger partial charge in [-0.05, 0) is 24.6 Å². The molecule has 0 aliphatic heterocycles. The van der Waals surface area contributed by atoms with Crippen LogP contribution in [-0.2, 0) is 11.0 Å². The third-order valence-corrected chi connectivity index (χ3v) is 2.71. The number of carbonyl (C=O) groups is 2. The number of benzene rings is 1. The molecule has 1 amide bonds. The molecule has 21 heavy (non-hydrogen) atoms. The van der Waals surface area contributed by atoms with E-state index in [2.05, 4.69) is 5.32 Å². The number of nitrogens with one attached hydrogen (secondary N) is 1. The van der Waals surface area contributed by atoms with Gasteiger partial charge in [-0.25, -0.2) is 9.18 Å². The molecule has 1 rings (SSSR count). The van der Waals surface area contributed by atoms with E-state index in [1.807, 2.05) is 0 Å². The van der Waals surface area contributed by atoms with Crippen molar-refractivity contribution in [1.82, 2.24) is 5.32 Å². The zero-order chi connectivity index (χ0) is 16.2. The van der Waals surface area contributed by atoms with E-state index in [9.17, 15) is 27.2 Å². The number of hydrogen-bond donors (Lipinski definition) is 2. The Labute approximate surface area is 117 Å². The van der Waals surface area contributed by atoms with Crippen molar-refractivity contribution in [3.63, 3.8) is 0 Å². The van der Waals surface area contributed by atoms with E-state index in [0.717, 1.165) is 6.07 Å². The maximum Gasteiger partial charge on any atom is 0.419 e. The lowest BCUT2D eigenvalue weighted by atomic mass is 10.1. The van der Waals surface area contributed by atoms with Crippen LogP contribution in [0.4, 0.5) is 17.6 Å². The number of amides is 1. The SMILES string of the molecule is CCCC(NC(=O)c1ccc(F)c(C(F)(F)F)c1)C(=O)O. The molecule has 0 aliphatic carbocycles. The van der Waals surface area contributed by atoms with Gasteiger partial charge in [0.15, 0.2) is 0 Å². The third kappa shape index (κ3) is 4.44. The van der Waals surface area contributed by atoms with Gasteiger partial charge in [-0.3, -0.25) is 4.79 Å². The summed E-state index contributed by atoms with van der Waals surface area (Å²) in [6.45, 7) is 1.70. The van der Waals surface area contributed by atoms with Gasteiger partial charge < -0.3 is 10.4 Å². The number of carboxylic acid groups (broad SMARTS) is 1. The lowest BCUT2D eigenvalue weighted by molar-refractivity contribution is -0.140. The molecule has 0 radical (unpaired) electrons. The smallest absolute Gasteiger partial charge is 0.419 e. The first-order valence-corrected chi connectivity index (χ1v) is 6.07. The van der Waals surface area contributed by atoms with Crippen molar-refractivity contribution in [1.29, 1.82) is 0 Å². The lowest BCUT2D eigenvalue weighted by Crippen LogP contribution is -2.40. The van der Waals surface area contributed by atoms with E-state index in [0.29, 0.717) is 18.6 Å². The van der Waals surface area contributed by atoms with Gasteiger partial charge in [0.05, 0.1) is 5.56 Å². The second-order valence-corrected chi connectivity index (χ2v) is 4.35. The molecule has 0 saturated heterocycles. The van der Waals surface area contributed by atoms with Crippen molar-refractivity contribution < 1.29 is 32.3 Å². The van der Waals surface area contributed by atoms with Crippen LogP contribution in [0.3, 0.4) is 0 Å². The molecule has 4 nitrogen and oxygen atoms in total. The summed E-state index contributed by atoms with van der Waals surface area (Å²) >= 11 is 0. The van der Waals surface area contributed by atoms with E-state index in [1.54, 1.807) is 6.92 Å². The van der Waals surface area contributed by atoms with E-state index < -0.39 is 41.0 Å². The number of aliphatic carboxylic acids is 1. The van der Waals surface area contributed by atoms with Gasteiger partial charge in [0.2, 0.25) is 0 Å². The van der Waals surface area contributed by atoms with Crippen molar-refractivity contribution >= 4 is 11.9 Å². The van der Waals surface area contributed by atoms with Crippen LogP contribution < -0.4 is 5.32 Å². The molecule has 8 heteroatoms. The maximum absolute atomic E-state index is 13.1. The molecule has 0 aliphatic rings. The minimum absolute atomic E-state index is 0.133. The van der Waals surface area contributed by atoms with Crippen molar-refractivity contribution in [2.75, 3.05) is 0 Å². The first-order valence-electron chi connectivity index (χ1n) is 6.07. The zero-order valence-electron chi connectivity index (χ0n) is 11.0. The van der Waals surface area contributed by atoms with Gasteiger partial charge in [-0.1, -0.05) is 13.3 Å². The first-order chi connectivity index (χ1) is 9.66. The van der Waals surface area contributed by atoms with Crippen LogP contribution in [0.1, 0.15) is 35.7 Å². The average molecular weight is 307 g/mol. The van der Waals surface area contributed by atoms with Gasteiger partial charge in [0.25, 0.3) is 5.91 Å². The number of hydrogen-bond acceptors (Lipinski definition) is 2. The molecule has 1 atom stereocenters. The van der Waals surface area contributed by atoms with Crippen molar-refractivity contribution in [3.05, 3.63) is 35.1 Å². The Morgan fingerprint density at radius 3 is 2.43 bits per heavy atom. The molecule has 0 saturated carbocycles. The number of halogens is 4. The molecule has 0 fully saturated rings. The van der Waals surface area contributed by atoms with E-state index in [-0.39, 0.29) is 6.42 Å². The predicted molar refractivity (Wildman–Crippen MR) is 65.2 cm³/mol. The summed E-state index contributed by atoms with van der Waals surface area (Å²) in [5.74, 6) is -3.79. The van der Waals surface area contributed by atoms with Gasteiger partial charge >= 0.3 is 12.1 Å². The Morgan fingerprint density at radius 2 is 1.95 bits per heavy atom. The minimum atomic E-state index is -4.93. The summed E-state index contributed by atoms with van der Waals surface area (Å²) in [4.78, 5) is 22.6. The summed E-state index contributed by atoms with van der Waals surface area (Å²) in [6, 6.07) is 0.537. The molecule has 0 bridgehead atoms. The van der Waals surface area contributed by atoms with Gasteiger partial charge in [-0.2, -0.15) is 13.2 Å². The Morgan fingerprint density at radius 1 is 1.33 bits per heavy atom. The largest absolute Gasteiger partial charge is 0.480 e. The number of carbonyl (C=O) groups excluding carboxylic acids is 1. The summed E-state index contributed by atoms with van der Waals surface area (Å²) in [5.41, 5.74) is -2.02. The molecule has 1 aromatic rings. The van der Waals surface area contributed by atoms with Gasteiger partial charge in [0.1, 0.15) is 11.9 Å². The molecule has 2 N–H and O–H groups in total. The average Bonchev–Trinajstić information content (AvgIpc) is 2.37. The minimum Gasteiger partial charge on any atom is -0.480 e. The lowest BCUT2D eigenvalue weighted by Gasteiger charge is -2.14. The highest BCUT2D eigenvalue weighted by Gasteiger charge is 2.34. The molecule has 116 valence electrons. The summed E-state index contributed by atoms with van der Waals surface area (Å²) in [6.07, 6.45) is -4.33. The Hall–Kier alpha value is -2.12. The van der Waals surface area contributed by atoms with E-state index in [1.165, 1.54) is 0 Å². The highest BCUT2D eigenvalue weighted by atomic mass is 19.4. The molecule has 1 aromatic carbocycles. The number of rotatable bonds is 5. The molecule has 0 spiro atoms. The van der Waals surface area contributed by atoms with Crippen LogP contribution in [0.15, 0.2) is 18.2 Å². The van der Waals surface area contributed by atoms with Crippen molar-refractivity contribution in [3.8, 4) is 0 Å². The molecule has 0 heterocycles. The van der Waals surface area contributed by atoms with E-state index in [4.69, 9.17) is 5.11 Å². The molecular formula is C13H13F4NO3. The Kier molecular flexibility index (Phi) is 5.28. The molecule has 0 aromatic heterocycles. The van der Waals surface area contributed by atoms with Gasteiger partial charge in [0, 0.05) is 5.56 Å². The standard InChI is InChI=1S/C13H13F4NO3/c1-2-3-10(12(20)21)18-11(19)7-4-5-9(14)8(6-7)13(15,16)17/h4-6,10H,2-3H2,1H3,(H,18,19)(H,20,21). The fraction of sp³-hybridized carbons (Fsp3) is 0.385. The summed E-state index contributed by atoms with van der Waals surface area (Å²) in [5, 5.41) is 11.0. The van der Waals surface area contributed by atoms with Crippen LogP contribution in [0.2, 0.25) is 0 Å². The Bertz CT molecular complexity index is 543. The normalized spacial score (nSPS) is 12.8. The van der Waals surface area contributed by atoms with Crippen molar-refractivity contribution in [2.45, 2.75) is 32.0 Å². The maximum atomic E-state index is 13.1. The quantitative estimate of drug-likeness (QED) is 0.822. The van der Waals surface area contributed by atoms with Crippen LogP contribution in [0.5, 0.6) is 0 Å². The van der Waals surface area contributed by atoms with Crippen LogP contribution >= 0.6 is 0 Å². The molecular weight excluding hydrogens is 294 g/mol. The highest BCUT2D eigenvalue weighted by Crippen LogP contribution is 2.31. The van der Waals surface area contributed by atoms with Gasteiger partial charge in [-0.15, -0.1) is 0 Å². The van der Waals surface area contributed by atoms with Crippen LogP contribution in [0, 0.1) is 5.82 Å². The second kappa shape index (κ2) is 6.55. The highest BCUT2D eigenvalue weighted by molar-refractivity contribution is 5.96. The fourth-order valence-corrected chi connectivity index (χ4v) is 1.67. The zero-order valence-corrected chi connectivity index (χ0v) is 11.0. The number of alkyl halides is 3. The predicted octanol–water partition coefficient (Wildman–Crippen LogP) is 2.83. The number of carboxylic acids is 1. The summed E-state index contributed by atoms with van der Waals surface area (Å²) < 4.78 is 50.7. The monoisotopic (exact) mass is 307 g/mol. The second-order valence-electron chi connectivity index (χ2n) is 4.35. The topological polar surface area (TPSA) is 66.4 Å².